The first-order valence-electron chi connectivity index (χ1n) is 12.4. The fraction of sp³-hybridized carbons (Fsp3) is 0.481. The van der Waals surface area contributed by atoms with Gasteiger partial charge in [0.2, 0.25) is 5.91 Å². The summed E-state index contributed by atoms with van der Waals surface area (Å²) in [5.41, 5.74) is 2.85. The smallest absolute Gasteiger partial charge is 0.261 e. The summed E-state index contributed by atoms with van der Waals surface area (Å²) in [6.07, 6.45) is 3.62. The number of hydrogen-bond acceptors (Lipinski definition) is 4. The number of anilines is 1. The molecular formula is C27H35N3O4S. The summed E-state index contributed by atoms with van der Waals surface area (Å²) < 4.78 is 28.0. The van der Waals surface area contributed by atoms with Gasteiger partial charge in [-0.3, -0.25) is 14.3 Å². The normalized spacial score (nSPS) is 19.5. The van der Waals surface area contributed by atoms with E-state index >= 15 is 0 Å². The van der Waals surface area contributed by atoms with Crippen LogP contribution in [0.5, 0.6) is 0 Å². The van der Waals surface area contributed by atoms with Gasteiger partial charge in [-0.1, -0.05) is 13.0 Å². The minimum atomic E-state index is -3.71. The maximum absolute atomic E-state index is 13.0. The second-order valence-corrected chi connectivity index (χ2v) is 11.7. The molecule has 2 aliphatic heterocycles. The van der Waals surface area contributed by atoms with Gasteiger partial charge in [-0.25, -0.2) is 8.42 Å². The lowest BCUT2D eigenvalue weighted by Crippen LogP contribution is -2.47. The summed E-state index contributed by atoms with van der Waals surface area (Å²) >= 11 is 0. The van der Waals surface area contributed by atoms with Crippen LogP contribution in [0.2, 0.25) is 0 Å². The Kier molecular flexibility index (Phi) is 7.50. The van der Waals surface area contributed by atoms with Crippen molar-refractivity contribution in [2.24, 2.45) is 11.8 Å². The van der Waals surface area contributed by atoms with Crippen LogP contribution >= 0.6 is 0 Å². The first kappa shape index (κ1) is 25.2. The number of benzene rings is 2. The number of carbonyl (C=O) groups excluding carboxylic acids is 2. The standard InChI is InChI=1S/C27H35N3O4S/c1-19-5-4-14-30(18-19)27(32)23-12-15-29(16-13-23)26(31)22-7-9-24(10-8-22)28-35(33,34)25-11-6-20(2)21(3)17-25/h6-11,17,19,23,28H,4-5,12-16,18H2,1-3H3. The molecule has 8 heteroatoms. The Morgan fingerprint density at radius 1 is 0.886 bits per heavy atom. The minimum absolute atomic E-state index is 0.00783. The van der Waals surface area contributed by atoms with Gasteiger partial charge in [0, 0.05) is 43.3 Å². The summed E-state index contributed by atoms with van der Waals surface area (Å²) in [7, 11) is -3.71. The van der Waals surface area contributed by atoms with E-state index in [0.717, 1.165) is 30.6 Å². The van der Waals surface area contributed by atoms with Crippen molar-refractivity contribution in [3.63, 3.8) is 0 Å². The number of piperidine rings is 2. The van der Waals surface area contributed by atoms with Crippen LogP contribution in [0.3, 0.4) is 0 Å². The monoisotopic (exact) mass is 497 g/mol. The van der Waals surface area contributed by atoms with Crippen molar-refractivity contribution in [2.75, 3.05) is 30.9 Å². The molecule has 0 radical (unpaired) electrons. The number of aryl methyl sites for hydroxylation is 2. The van der Waals surface area contributed by atoms with Crippen LogP contribution in [-0.2, 0) is 14.8 Å². The zero-order chi connectivity index (χ0) is 25.2. The van der Waals surface area contributed by atoms with Gasteiger partial charge < -0.3 is 9.80 Å². The number of carbonyl (C=O) groups is 2. The number of amides is 2. The lowest BCUT2D eigenvalue weighted by Gasteiger charge is -2.37. The van der Waals surface area contributed by atoms with Crippen molar-refractivity contribution in [3.05, 3.63) is 59.2 Å². The number of rotatable bonds is 5. The second-order valence-electron chi connectivity index (χ2n) is 10.0. The van der Waals surface area contributed by atoms with E-state index in [0.29, 0.717) is 43.1 Å². The molecule has 2 amide bonds. The van der Waals surface area contributed by atoms with Crippen molar-refractivity contribution < 1.29 is 18.0 Å². The van der Waals surface area contributed by atoms with E-state index < -0.39 is 10.0 Å². The van der Waals surface area contributed by atoms with Crippen molar-refractivity contribution in [3.8, 4) is 0 Å². The van der Waals surface area contributed by atoms with Gasteiger partial charge in [-0.2, -0.15) is 0 Å². The highest BCUT2D eigenvalue weighted by Crippen LogP contribution is 2.25. The molecule has 188 valence electrons. The summed E-state index contributed by atoms with van der Waals surface area (Å²) in [5.74, 6) is 0.699. The Morgan fingerprint density at radius 2 is 1.57 bits per heavy atom. The van der Waals surface area contributed by atoms with Crippen molar-refractivity contribution in [2.45, 2.75) is 51.3 Å². The van der Waals surface area contributed by atoms with E-state index in [2.05, 4.69) is 11.6 Å². The predicted molar refractivity (Wildman–Crippen MR) is 137 cm³/mol. The molecule has 2 saturated heterocycles. The summed E-state index contributed by atoms with van der Waals surface area (Å²) in [6, 6.07) is 11.5. The van der Waals surface area contributed by atoms with Crippen LogP contribution in [0.1, 0.15) is 54.1 Å². The molecule has 0 aromatic heterocycles. The molecule has 2 fully saturated rings. The Balaban J connectivity index is 1.33. The number of likely N-dealkylation sites (tertiary alicyclic amines) is 2. The van der Waals surface area contributed by atoms with Gasteiger partial charge in [0.15, 0.2) is 0 Å². The lowest BCUT2D eigenvalue weighted by atomic mass is 9.92. The molecule has 1 unspecified atom stereocenters. The van der Waals surface area contributed by atoms with E-state index in [1.807, 2.05) is 18.7 Å². The highest BCUT2D eigenvalue weighted by atomic mass is 32.2. The second kappa shape index (κ2) is 10.4. The molecule has 0 bridgehead atoms. The van der Waals surface area contributed by atoms with Crippen molar-refractivity contribution in [1.29, 1.82) is 0 Å². The number of hydrogen-bond donors (Lipinski definition) is 1. The third-order valence-corrected chi connectivity index (χ3v) is 8.65. The zero-order valence-corrected chi connectivity index (χ0v) is 21.6. The maximum Gasteiger partial charge on any atom is 0.261 e. The first-order valence-corrected chi connectivity index (χ1v) is 13.9. The summed E-state index contributed by atoms with van der Waals surface area (Å²) in [4.78, 5) is 29.9. The molecule has 35 heavy (non-hydrogen) atoms. The average molecular weight is 498 g/mol. The zero-order valence-electron chi connectivity index (χ0n) is 20.8. The molecule has 7 nitrogen and oxygen atoms in total. The third kappa shape index (κ3) is 5.86. The van der Waals surface area contributed by atoms with Crippen molar-refractivity contribution in [1.82, 2.24) is 9.80 Å². The van der Waals surface area contributed by atoms with E-state index in [9.17, 15) is 18.0 Å². The molecule has 1 atom stereocenters. The lowest BCUT2D eigenvalue weighted by molar-refractivity contribution is -0.138. The highest BCUT2D eigenvalue weighted by Gasteiger charge is 2.32. The van der Waals surface area contributed by atoms with Crippen LogP contribution in [0.4, 0.5) is 5.69 Å². The Labute approximate surface area is 208 Å². The fourth-order valence-electron chi connectivity index (χ4n) is 4.94. The molecule has 0 aliphatic carbocycles. The molecular weight excluding hydrogens is 462 g/mol. The number of nitrogens with zero attached hydrogens (tertiary/aromatic N) is 2. The van der Waals surface area contributed by atoms with E-state index in [-0.39, 0.29) is 22.6 Å². The SMILES string of the molecule is Cc1ccc(S(=O)(=O)Nc2ccc(C(=O)N3CCC(C(=O)N4CCCC(C)C4)CC3)cc2)cc1C. The van der Waals surface area contributed by atoms with E-state index in [4.69, 9.17) is 0 Å². The molecule has 1 N–H and O–H groups in total. The molecule has 2 aromatic rings. The summed E-state index contributed by atoms with van der Waals surface area (Å²) in [5, 5.41) is 0. The molecule has 2 aliphatic rings. The van der Waals surface area contributed by atoms with E-state index in [1.54, 1.807) is 47.4 Å². The number of nitrogens with one attached hydrogen (secondary N) is 1. The maximum atomic E-state index is 13.0. The first-order chi connectivity index (χ1) is 16.6. The largest absolute Gasteiger partial charge is 0.342 e. The summed E-state index contributed by atoms with van der Waals surface area (Å²) in [6.45, 7) is 8.81. The highest BCUT2D eigenvalue weighted by molar-refractivity contribution is 7.92. The van der Waals surface area contributed by atoms with Crippen LogP contribution < -0.4 is 4.72 Å². The third-order valence-electron chi connectivity index (χ3n) is 7.27. The predicted octanol–water partition coefficient (Wildman–Crippen LogP) is 4.21. The molecule has 0 spiro atoms. The van der Waals surface area contributed by atoms with Gasteiger partial charge >= 0.3 is 0 Å². The molecule has 2 aromatic carbocycles. The molecule has 2 heterocycles. The number of sulfonamides is 1. The van der Waals surface area contributed by atoms with Gasteiger partial charge in [0.05, 0.1) is 4.90 Å². The Bertz CT molecular complexity index is 1190. The van der Waals surface area contributed by atoms with Gasteiger partial charge in [-0.15, -0.1) is 0 Å². The Hall–Kier alpha value is -2.87. The fourth-order valence-corrected chi connectivity index (χ4v) is 6.08. The molecule has 4 rings (SSSR count). The van der Waals surface area contributed by atoms with E-state index in [1.165, 1.54) is 6.42 Å². The molecule has 0 saturated carbocycles. The average Bonchev–Trinajstić information content (AvgIpc) is 2.85. The van der Waals surface area contributed by atoms with Crippen LogP contribution in [0, 0.1) is 25.7 Å². The van der Waals surface area contributed by atoms with Crippen LogP contribution in [0.25, 0.3) is 0 Å². The van der Waals surface area contributed by atoms with Gasteiger partial charge in [-0.05, 0) is 93.0 Å². The van der Waals surface area contributed by atoms with Crippen LogP contribution in [-0.4, -0.2) is 56.2 Å². The quantitative estimate of drug-likeness (QED) is 0.670. The van der Waals surface area contributed by atoms with Gasteiger partial charge in [0.1, 0.15) is 0 Å². The Morgan fingerprint density at radius 3 is 2.20 bits per heavy atom. The van der Waals surface area contributed by atoms with Gasteiger partial charge in [0.25, 0.3) is 15.9 Å². The van der Waals surface area contributed by atoms with Crippen molar-refractivity contribution >= 4 is 27.5 Å². The minimum Gasteiger partial charge on any atom is -0.342 e. The topological polar surface area (TPSA) is 86.8 Å². The van der Waals surface area contributed by atoms with Crippen LogP contribution in [0.15, 0.2) is 47.4 Å².